The molecule has 0 saturated heterocycles. The Hall–Kier alpha value is -1.65. The topological polar surface area (TPSA) is 48.4 Å². The molecular formula is C10H12FNO3. The Labute approximate surface area is 87.0 Å². The van der Waals surface area contributed by atoms with Crippen LogP contribution in [0.2, 0.25) is 0 Å². The average Bonchev–Trinajstić information content (AvgIpc) is 2.18. The Morgan fingerprint density at radius 2 is 2.33 bits per heavy atom. The predicted molar refractivity (Wildman–Crippen MR) is 51.1 cm³/mol. The van der Waals surface area contributed by atoms with Crippen molar-refractivity contribution < 1.29 is 18.7 Å². The summed E-state index contributed by atoms with van der Waals surface area (Å²) in [6, 6.07) is 1.53. The van der Waals surface area contributed by atoms with Gasteiger partial charge in [0.25, 0.3) is 5.95 Å². The van der Waals surface area contributed by atoms with Gasteiger partial charge in [0.05, 0.1) is 20.1 Å². The Morgan fingerprint density at radius 3 is 2.93 bits per heavy atom. The van der Waals surface area contributed by atoms with Crippen molar-refractivity contribution >= 4 is 5.97 Å². The van der Waals surface area contributed by atoms with Crippen molar-refractivity contribution in [2.45, 2.75) is 13.3 Å². The highest BCUT2D eigenvalue weighted by Crippen LogP contribution is 2.20. The average molecular weight is 213 g/mol. The number of nitrogens with zero attached hydrogens (tertiary/aromatic N) is 1. The fraction of sp³-hybridized carbons (Fsp3) is 0.400. The van der Waals surface area contributed by atoms with Crippen LogP contribution >= 0.6 is 0 Å². The van der Waals surface area contributed by atoms with Gasteiger partial charge in [-0.15, -0.1) is 0 Å². The van der Waals surface area contributed by atoms with Crippen molar-refractivity contribution in [1.82, 2.24) is 4.98 Å². The van der Waals surface area contributed by atoms with E-state index >= 15 is 0 Å². The van der Waals surface area contributed by atoms with Gasteiger partial charge in [0.2, 0.25) is 0 Å². The molecule has 1 heterocycles. The van der Waals surface area contributed by atoms with Crippen LogP contribution in [0.5, 0.6) is 5.75 Å². The normalized spacial score (nSPS) is 9.80. The monoisotopic (exact) mass is 213 g/mol. The Kier molecular flexibility index (Phi) is 4.03. The van der Waals surface area contributed by atoms with E-state index in [1.165, 1.54) is 19.4 Å². The first-order valence-electron chi connectivity index (χ1n) is 4.52. The molecule has 0 spiro atoms. The number of ether oxygens (including phenoxy) is 2. The van der Waals surface area contributed by atoms with Crippen LogP contribution in [0.3, 0.4) is 0 Å². The number of hydrogen-bond acceptors (Lipinski definition) is 4. The molecule has 0 amide bonds. The zero-order valence-corrected chi connectivity index (χ0v) is 8.62. The van der Waals surface area contributed by atoms with E-state index in [9.17, 15) is 9.18 Å². The second-order valence-electron chi connectivity index (χ2n) is 2.78. The highest BCUT2D eigenvalue weighted by Gasteiger charge is 2.13. The number of aromatic nitrogens is 1. The van der Waals surface area contributed by atoms with Gasteiger partial charge in [0.15, 0.2) is 5.75 Å². The molecule has 1 aromatic heterocycles. The number of methoxy groups -OCH3 is 1. The van der Waals surface area contributed by atoms with Crippen molar-refractivity contribution in [3.05, 3.63) is 23.8 Å². The van der Waals surface area contributed by atoms with Crippen LogP contribution in [0.4, 0.5) is 4.39 Å². The van der Waals surface area contributed by atoms with E-state index < -0.39 is 11.9 Å². The van der Waals surface area contributed by atoms with Gasteiger partial charge < -0.3 is 9.47 Å². The van der Waals surface area contributed by atoms with E-state index in [2.05, 4.69) is 4.98 Å². The molecule has 0 N–H and O–H groups in total. The molecule has 1 aromatic rings. The second kappa shape index (κ2) is 5.29. The maximum Gasteiger partial charge on any atom is 0.310 e. The van der Waals surface area contributed by atoms with E-state index in [0.717, 1.165) is 0 Å². The predicted octanol–water partition coefficient (Wildman–Crippen LogP) is 1.33. The molecular weight excluding hydrogens is 201 g/mol. The van der Waals surface area contributed by atoms with Gasteiger partial charge in [-0.05, 0) is 13.0 Å². The lowest BCUT2D eigenvalue weighted by molar-refractivity contribution is -0.142. The molecule has 0 aliphatic rings. The summed E-state index contributed by atoms with van der Waals surface area (Å²) in [5, 5.41) is 0. The quantitative estimate of drug-likeness (QED) is 0.559. The summed E-state index contributed by atoms with van der Waals surface area (Å²) in [5.74, 6) is -1.15. The molecule has 5 heteroatoms. The third-order valence-corrected chi connectivity index (χ3v) is 1.79. The second-order valence-corrected chi connectivity index (χ2v) is 2.78. The van der Waals surface area contributed by atoms with Crippen LogP contribution in [0.25, 0.3) is 0 Å². The SMILES string of the molecule is CCOC(=O)Cc1ccnc(F)c1OC. The number of carbonyl (C=O) groups excluding carboxylic acids is 1. The van der Waals surface area contributed by atoms with Crippen LogP contribution in [-0.2, 0) is 16.0 Å². The molecule has 0 radical (unpaired) electrons. The standard InChI is InChI=1S/C10H12FNO3/c1-3-15-8(13)6-7-4-5-12-10(11)9(7)14-2/h4-5H,3,6H2,1-2H3. The molecule has 0 atom stereocenters. The molecule has 0 aliphatic carbocycles. The van der Waals surface area contributed by atoms with Gasteiger partial charge in [-0.25, -0.2) is 4.98 Å². The smallest absolute Gasteiger partial charge is 0.310 e. The van der Waals surface area contributed by atoms with Crippen LogP contribution in [0.1, 0.15) is 12.5 Å². The zero-order chi connectivity index (χ0) is 11.3. The molecule has 4 nitrogen and oxygen atoms in total. The van der Waals surface area contributed by atoms with Crippen LogP contribution in [-0.4, -0.2) is 24.7 Å². The summed E-state index contributed by atoms with van der Waals surface area (Å²) < 4.78 is 22.7. The molecule has 0 unspecified atom stereocenters. The lowest BCUT2D eigenvalue weighted by Gasteiger charge is -2.07. The van der Waals surface area contributed by atoms with Crippen LogP contribution < -0.4 is 4.74 Å². The van der Waals surface area contributed by atoms with Gasteiger partial charge in [-0.2, -0.15) is 4.39 Å². The van der Waals surface area contributed by atoms with E-state index in [1.54, 1.807) is 6.92 Å². The maximum atomic E-state index is 13.1. The van der Waals surface area contributed by atoms with E-state index in [0.29, 0.717) is 12.2 Å². The molecule has 1 rings (SSSR count). The summed E-state index contributed by atoms with van der Waals surface area (Å²) in [4.78, 5) is 14.6. The van der Waals surface area contributed by atoms with Crippen molar-refractivity contribution in [2.75, 3.05) is 13.7 Å². The van der Waals surface area contributed by atoms with E-state index in [-0.39, 0.29) is 12.2 Å². The largest absolute Gasteiger partial charge is 0.492 e. The number of carbonyl (C=O) groups is 1. The number of rotatable bonds is 4. The maximum absolute atomic E-state index is 13.1. The number of hydrogen-bond donors (Lipinski definition) is 0. The molecule has 0 saturated carbocycles. The fourth-order valence-electron chi connectivity index (χ4n) is 1.18. The molecule has 82 valence electrons. The van der Waals surface area contributed by atoms with Gasteiger partial charge in [-0.1, -0.05) is 0 Å². The molecule has 0 aliphatic heterocycles. The van der Waals surface area contributed by atoms with Crippen LogP contribution in [0, 0.1) is 5.95 Å². The number of halogens is 1. The minimum absolute atomic E-state index is 0.00875. The van der Waals surface area contributed by atoms with Crippen molar-refractivity contribution in [1.29, 1.82) is 0 Å². The minimum Gasteiger partial charge on any atom is -0.492 e. The first kappa shape index (κ1) is 11.4. The number of esters is 1. The van der Waals surface area contributed by atoms with Crippen molar-refractivity contribution in [2.24, 2.45) is 0 Å². The third-order valence-electron chi connectivity index (χ3n) is 1.79. The number of pyridine rings is 1. The summed E-state index contributed by atoms with van der Waals surface area (Å²) in [6.45, 7) is 2.01. The van der Waals surface area contributed by atoms with Crippen molar-refractivity contribution in [3.63, 3.8) is 0 Å². The van der Waals surface area contributed by atoms with Gasteiger partial charge in [0.1, 0.15) is 0 Å². The van der Waals surface area contributed by atoms with Gasteiger partial charge >= 0.3 is 5.97 Å². The van der Waals surface area contributed by atoms with Crippen LogP contribution in [0.15, 0.2) is 12.3 Å². The Bertz CT molecular complexity index is 355. The highest BCUT2D eigenvalue weighted by molar-refractivity contribution is 5.73. The van der Waals surface area contributed by atoms with E-state index in [1.807, 2.05) is 0 Å². The van der Waals surface area contributed by atoms with Gasteiger partial charge in [0, 0.05) is 11.8 Å². The molecule has 0 fully saturated rings. The van der Waals surface area contributed by atoms with Crippen molar-refractivity contribution in [3.8, 4) is 5.75 Å². The summed E-state index contributed by atoms with van der Waals surface area (Å²) in [7, 11) is 1.33. The summed E-state index contributed by atoms with van der Waals surface area (Å²) in [6.07, 6.45) is 1.27. The highest BCUT2D eigenvalue weighted by atomic mass is 19.1. The fourth-order valence-corrected chi connectivity index (χ4v) is 1.18. The Morgan fingerprint density at radius 1 is 1.60 bits per heavy atom. The first-order chi connectivity index (χ1) is 7.19. The Balaban J connectivity index is 2.84. The lowest BCUT2D eigenvalue weighted by atomic mass is 10.2. The zero-order valence-electron chi connectivity index (χ0n) is 8.62. The first-order valence-corrected chi connectivity index (χ1v) is 4.52. The molecule has 15 heavy (non-hydrogen) atoms. The molecule has 0 bridgehead atoms. The molecule has 0 aromatic carbocycles. The third kappa shape index (κ3) is 2.90. The summed E-state index contributed by atoms with van der Waals surface area (Å²) in [5.41, 5.74) is 0.434. The summed E-state index contributed by atoms with van der Waals surface area (Å²) >= 11 is 0. The van der Waals surface area contributed by atoms with E-state index in [4.69, 9.17) is 9.47 Å². The minimum atomic E-state index is -0.723. The van der Waals surface area contributed by atoms with Gasteiger partial charge in [-0.3, -0.25) is 4.79 Å². The lowest BCUT2D eigenvalue weighted by Crippen LogP contribution is -2.09.